The van der Waals surface area contributed by atoms with E-state index in [0.717, 1.165) is 6.26 Å². The molecule has 2 atom stereocenters. The van der Waals surface area contributed by atoms with Crippen molar-refractivity contribution in [2.75, 3.05) is 24.3 Å². The van der Waals surface area contributed by atoms with Gasteiger partial charge in [0, 0.05) is 18.8 Å². The van der Waals surface area contributed by atoms with Gasteiger partial charge in [-0.15, -0.1) is 0 Å². The third kappa shape index (κ3) is 4.94. The summed E-state index contributed by atoms with van der Waals surface area (Å²) in [6, 6.07) is 5.51. The van der Waals surface area contributed by atoms with Crippen LogP contribution < -0.4 is 4.74 Å². The van der Waals surface area contributed by atoms with E-state index in [4.69, 9.17) is 4.74 Å². The average Bonchev–Trinajstić information content (AvgIpc) is 2.87. The van der Waals surface area contributed by atoms with E-state index in [1.165, 1.54) is 24.3 Å². The third-order valence-corrected chi connectivity index (χ3v) is 7.06. The van der Waals surface area contributed by atoms with Crippen molar-refractivity contribution in [3.8, 4) is 5.75 Å². The minimum atomic E-state index is -3.29. The Morgan fingerprint density at radius 3 is 2.36 bits per heavy atom. The molecule has 1 aromatic rings. The highest BCUT2D eigenvalue weighted by Crippen LogP contribution is 2.21. The molecule has 0 saturated carbocycles. The number of nitrogens with zero attached hydrogens (tertiary/aromatic N) is 1. The number of hydrogen-bond donors (Lipinski definition) is 0. The van der Waals surface area contributed by atoms with Crippen LogP contribution in [0.5, 0.6) is 5.75 Å². The quantitative estimate of drug-likeness (QED) is 0.717. The van der Waals surface area contributed by atoms with Crippen LogP contribution in [0.3, 0.4) is 0 Å². The van der Waals surface area contributed by atoms with Crippen LogP contribution in [-0.2, 0) is 24.5 Å². The Hall–Kier alpha value is -1.61. The van der Waals surface area contributed by atoms with Crippen molar-refractivity contribution in [2.45, 2.75) is 37.3 Å². The monoisotopic (exact) mass is 389 g/mol. The number of likely N-dealkylation sites (N-methyl/N-ethyl adjacent to an activating group) is 1. The van der Waals surface area contributed by atoms with Crippen molar-refractivity contribution >= 4 is 25.6 Å². The van der Waals surface area contributed by atoms with Crippen LogP contribution in [0.15, 0.2) is 29.2 Å². The summed E-state index contributed by atoms with van der Waals surface area (Å²) in [6.45, 7) is 3.80. The Labute approximate surface area is 148 Å². The number of hydrogen-bond acceptors (Lipinski definition) is 6. The first kappa shape index (κ1) is 19.7. The van der Waals surface area contributed by atoms with Crippen molar-refractivity contribution < 1.29 is 26.4 Å². The number of ether oxygens (including phenoxy) is 1. The Morgan fingerprint density at radius 2 is 1.92 bits per heavy atom. The number of benzene rings is 1. The van der Waals surface area contributed by atoms with E-state index in [2.05, 4.69) is 0 Å². The molecule has 1 heterocycles. The zero-order valence-corrected chi connectivity index (χ0v) is 16.1. The first-order valence-corrected chi connectivity index (χ1v) is 11.7. The molecule has 0 N–H and O–H groups in total. The van der Waals surface area contributed by atoms with Gasteiger partial charge in [0.1, 0.15) is 5.75 Å². The van der Waals surface area contributed by atoms with Gasteiger partial charge in [0.25, 0.3) is 5.91 Å². The maximum Gasteiger partial charge on any atom is 0.263 e. The smallest absolute Gasteiger partial charge is 0.263 e. The maximum atomic E-state index is 12.6. The first-order valence-electron chi connectivity index (χ1n) is 8.01. The Bertz CT molecular complexity index is 830. The molecule has 0 aliphatic carbocycles. The van der Waals surface area contributed by atoms with E-state index in [1.807, 2.05) is 0 Å². The van der Waals surface area contributed by atoms with Crippen molar-refractivity contribution in [2.24, 2.45) is 0 Å². The molecule has 0 spiro atoms. The fourth-order valence-electron chi connectivity index (χ4n) is 2.87. The molecule has 0 radical (unpaired) electrons. The number of rotatable bonds is 6. The van der Waals surface area contributed by atoms with Gasteiger partial charge in [-0.25, -0.2) is 16.8 Å². The van der Waals surface area contributed by atoms with Crippen molar-refractivity contribution in [1.29, 1.82) is 0 Å². The second-order valence-electron chi connectivity index (χ2n) is 6.18. The molecule has 140 valence electrons. The molecule has 7 nitrogen and oxygen atoms in total. The molecule has 1 aliphatic heterocycles. The third-order valence-electron chi connectivity index (χ3n) is 4.19. The molecular weight excluding hydrogens is 366 g/mol. The molecular formula is C16H23NO6S2. The normalized spacial score (nSPS) is 20.8. The van der Waals surface area contributed by atoms with Gasteiger partial charge in [0.15, 0.2) is 25.8 Å². The van der Waals surface area contributed by atoms with E-state index in [0.29, 0.717) is 18.7 Å². The molecule has 25 heavy (non-hydrogen) atoms. The largest absolute Gasteiger partial charge is 0.481 e. The van der Waals surface area contributed by atoms with E-state index in [9.17, 15) is 21.6 Å². The maximum absolute atomic E-state index is 12.6. The highest BCUT2D eigenvalue weighted by atomic mass is 32.2. The van der Waals surface area contributed by atoms with Gasteiger partial charge in [-0.2, -0.15) is 0 Å². The zero-order chi connectivity index (χ0) is 18.8. The van der Waals surface area contributed by atoms with Gasteiger partial charge >= 0.3 is 0 Å². The van der Waals surface area contributed by atoms with Gasteiger partial charge in [-0.05, 0) is 44.5 Å². The molecule has 0 bridgehead atoms. The number of amides is 1. The summed E-state index contributed by atoms with van der Waals surface area (Å²) < 4.78 is 51.8. The van der Waals surface area contributed by atoms with Gasteiger partial charge in [-0.3, -0.25) is 4.79 Å². The minimum Gasteiger partial charge on any atom is -0.481 e. The lowest BCUT2D eigenvalue weighted by atomic mass is 10.2. The highest BCUT2D eigenvalue weighted by Gasteiger charge is 2.35. The lowest BCUT2D eigenvalue weighted by molar-refractivity contribution is -0.139. The summed E-state index contributed by atoms with van der Waals surface area (Å²) in [6.07, 6.45) is 0.758. The lowest BCUT2D eigenvalue weighted by Gasteiger charge is -2.29. The fourth-order valence-corrected chi connectivity index (χ4v) is 5.23. The van der Waals surface area contributed by atoms with E-state index in [1.54, 1.807) is 18.7 Å². The Morgan fingerprint density at radius 1 is 1.32 bits per heavy atom. The van der Waals surface area contributed by atoms with Crippen LogP contribution >= 0.6 is 0 Å². The summed E-state index contributed by atoms with van der Waals surface area (Å²) in [5.74, 6) is 0.187. The van der Waals surface area contributed by atoms with Gasteiger partial charge in [0.2, 0.25) is 0 Å². The summed E-state index contributed by atoms with van der Waals surface area (Å²) >= 11 is 0. The van der Waals surface area contributed by atoms with E-state index >= 15 is 0 Å². The van der Waals surface area contributed by atoms with Crippen molar-refractivity contribution in [3.63, 3.8) is 0 Å². The predicted molar refractivity (Wildman–Crippen MR) is 94.1 cm³/mol. The molecule has 2 rings (SSSR count). The molecule has 1 fully saturated rings. The van der Waals surface area contributed by atoms with Crippen LogP contribution in [0.4, 0.5) is 0 Å². The van der Waals surface area contributed by atoms with Crippen LogP contribution in [0, 0.1) is 0 Å². The second kappa shape index (κ2) is 7.33. The van der Waals surface area contributed by atoms with Crippen molar-refractivity contribution in [3.05, 3.63) is 24.3 Å². The molecule has 1 amide bonds. The first-order chi connectivity index (χ1) is 11.5. The van der Waals surface area contributed by atoms with Crippen molar-refractivity contribution in [1.82, 2.24) is 4.90 Å². The van der Waals surface area contributed by atoms with E-state index < -0.39 is 25.8 Å². The highest BCUT2D eigenvalue weighted by molar-refractivity contribution is 7.91. The van der Waals surface area contributed by atoms with Gasteiger partial charge < -0.3 is 9.64 Å². The number of sulfone groups is 2. The standard InChI is InChI=1S/C16H23NO6S2/c1-4-17(13-9-10-25(21,22)11-13)16(18)12(2)23-14-5-7-15(8-6-14)24(3,19)20/h5-8,12-13H,4,9-11H2,1-3H3. The Kier molecular flexibility index (Phi) is 5.78. The number of carbonyl (C=O) groups is 1. The minimum absolute atomic E-state index is 0.0116. The number of carbonyl (C=O) groups excluding carboxylic acids is 1. The molecule has 9 heteroatoms. The molecule has 1 saturated heterocycles. The van der Waals surface area contributed by atoms with Crippen LogP contribution in [0.1, 0.15) is 20.3 Å². The average molecular weight is 389 g/mol. The SMILES string of the molecule is CCN(C(=O)C(C)Oc1ccc(S(C)(=O)=O)cc1)C1CCS(=O)(=O)C1. The molecule has 1 aromatic carbocycles. The lowest BCUT2D eigenvalue weighted by Crippen LogP contribution is -2.46. The molecule has 2 unspecified atom stereocenters. The van der Waals surface area contributed by atoms with E-state index in [-0.39, 0.29) is 28.4 Å². The Balaban J connectivity index is 2.06. The summed E-state index contributed by atoms with van der Waals surface area (Å²) in [4.78, 5) is 14.3. The topological polar surface area (TPSA) is 97.8 Å². The van der Waals surface area contributed by atoms with Crippen LogP contribution in [0.2, 0.25) is 0 Å². The predicted octanol–water partition coefficient (Wildman–Crippen LogP) is 0.893. The summed E-state index contributed by atoms with van der Waals surface area (Å²) in [5.41, 5.74) is 0. The zero-order valence-electron chi connectivity index (χ0n) is 14.5. The van der Waals surface area contributed by atoms with Gasteiger partial charge in [-0.1, -0.05) is 0 Å². The summed E-state index contributed by atoms with van der Waals surface area (Å²) in [5, 5.41) is 0. The van der Waals surface area contributed by atoms with Crippen LogP contribution in [-0.4, -0.2) is 64.1 Å². The second-order valence-corrected chi connectivity index (χ2v) is 10.4. The van der Waals surface area contributed by atoms with Crippen LogP contribution in [0.25, 0.3) is 0 Å². The fraction of sp³-hybridized carbons (Fsp3) is 0.562. The molecule has 1 aliphatic rings. The van der Waals surface area contributed by atoms with Gasteiger partial charge in [0.05, 0.1) is 16.4 Å². The molecule has 0 aromatic heterocycles. The summed E-state index contributed by atoms with van der Waals surface area (Å²) in [7, 11) is -6.37.